The third-order valence-electron chi connectivity index (χ3n) is 4.52. The van der Waals surface area contributed by atoms with Crippen molar-refractivity contribution >= 4 is 35.3 Å². The summed E-state index contributed by atoms with van der Waals surface area (Å²) >= 11 is 1.41. The van der Waals surface area contributed by atoms with Gasteiger partial charge in [0, 0.05) is 16.6 Å². The second-order valence-corrected chi connectivity index (χ2v) is 6.82. The summed E-state index contributed by atoms with van der Waals surface area (Å²) in [4.78, 5) is 49.7. The Balaban J connectivity index is 1.68. The summed E-state index contributed by atoms with van der Waals surface area (Å²) in [5.74, 6) is -2.72. The Morgan fingerprint density at radius 1 is 1.13 bits per heavy atom. The van der Waals surface area contributed by atoms with Gasteiger partial charge in [0.05, 0.1) is 17.0 Å². The number of Topliss-reactive ketones (excluding diaryl/α,β-unsaturated/α-hetero) is 1. The van der Waals surface area contributed by atoms with Crippen molar-refractivity contribution in [3.63, 3.8) is 0 Å². The van der Waals surface area contributed by atoms with Crippen LogP contribution in [0.3, 0.4) is 0 Å². The molecule has 6 nitrogen and oxygen atoms in total. The number of carbonyl (C=O) groups is 4. The van der Waals surface area contributed by atoms with Crippen LogP contribution in [0.4, 0.5) is 0 Å². The van der Waals surface area contributed by atoms with Crippen LogP contribution < -0.4 is 0 Å². The van der Waals surface area contributed by atoms with E-state index in [2.05, 4.69) is 0 Å². The maximum Gasteiger partial charge on any atom is 0.332 e. The van der Waals surface area contributed by atoms with E-state index >= 15 is 0 Å². The van der Waals surface area contributed by atoms with Gasteiger partial charge in [-0.3, -0.25) is 19.3 Å². The zero-order valence-electron chi connectivity index (χ0n) is 11.8. The van der Waals surface area contributed by atoms with Crippen LogP contribution in [0.2, 0.25) is 0 Å². The second-order valence-electron chi connectivity index (χ2n) is 5.61. The van der Waals surface area contributed by atoms with Crippen LogP contribution in [-0.4, -0.2) is 50.6 Å². The number of ketones is 1. The fourth-order valence-corrected chi connectivity index (χ4v) is 4.83. The van der Waals surface area contributed by atoms with Crippen molar-refractivity contribution in [2.75, 3.05) is 5.75 Å². The first-order valence-electron chi connectivity index (χ1n) is 7.08. The van der Waals surface area contributed by atoms with E-state index in [-0.39, 0.29) is 16.6 Å². The number of carboxylic acids is 1. The van der Waals surface area contributed by atoms with Gasteiger partial charge in [0.15, 0.2) is 5.78 Å². The number of rotatable bonds is 2. The van der Waals surface area contributed by atoms with Gasteiger partial charge >= 0.3 is 5.97 Å². The summed E-state index contributed by atoms with van der Waals surface area (Å²) in [5.41, 5.74) is 0.665. The summed E-state index contributed by atoms with van der Waals surface area (Å²) in [6, 6.07) is 5.58. The van der Waals surface area contributed by atoms with E-state index < -0.39 is 29.7 Å². The van der Waals surface area contributed by atoms with Gasteiger partial charge < -0.3 is 5.11 Å². The lowest BCUT2D eigenvalue weighted by atomic mass is 9.72. The van der Waals surface area contributed by atoms with Crippen LogP contribution in [0.15, 0.2) is 35.9 Å². The summed E-state index contributed by atoms with van der Waals surface area (Å²) < 4.78 is 0. The zero-order chi connectivity index (χ0) is 16.3. The molecule has 0 bridgehead atoms. The van der Waals surface area contributed by atoms with Crippen molar-refractivity contribution in [2.45, 2.75) is 11.3 Å². The molecule has 1 aromatic rings. The molecule has 3 aliphatic rings. The number of nitrogens with zero attached hydrogens (tertiary/aromatic N) is 1. The molecule has 1 aliphatic carbocycles. The first-order valence-corrected chi connectivity index (χ1v) is 8.13. The van der Waals surface area contributed by atoms with Crippen molar-refractivity contribution in [1.82, 2.24) is 4.90 Å². The van der Waals surface area contributed by atoms with E-state index in [4.69, 9.17) is 0 Å². The lowest BCUT2D eigenvalue weighted by Gasteiger charge is -2.47. The van der Waals surface area contributed by atoms with Crippen LogP contribution in [-0.2, 0) is 9.59 Å². The van der Waals surface area contributed by atoms with Gasteiger partial charge in [-0.15, -0.1) is 0 Å². The predicted octanol–water partition coefficient (Wildman–Crippen LogP) is 0.976. The van der Waals surface area contributed by atoms with Gasteiger partial charge in [0.1, 0.15) is 6.04 Å². The van der Waals surface area contributed by atoms with Crippen LogP contribution in [0, 0.1) is 5.92 Å². The number of amides is 2. The molecule has 4 rings (SSSR count). The third kappa shape index (κ3) is 1.77. The van der Waals surface area contributed by atoms with E-state index in [1.165, 1.54) is 17.8 Å². The van der Waals surface area contributed by atoms with Crippen molar-refractivity contribution in [3.8, 4) is 0 Å². The number of hydrogen-bond acceptors (Lipinski definition) is 5. The first-order chi connectivity index (χ1) is 11.0. The van der Waals surface area contributed by atoms with Crippen molar-refractivity contribution in [3.05, 3.63) is 47.0 Å². The summed E-state index contributed by atoms with van der Waals surface area (Å²) in [7, 11) is 0. The summed E-state index contributed by atoms with van der Waals surface area (Å²) in [6.45, 7) is 0. The Labute approximate surface area is 135 Å². The SMILES string of the molecule is O=C(O)C1=CCS[C@H]2C1C(=O)[C@H]2N1C(=O)c2ccccc2C1=O. The highest BCUT2D eigenvalue weighted by Crippen LogP contribution is 2.46. The Morgan fingerprint density at radius 2 is 1.74 bits per heavy atom. The maximum atomic E-state index is 12.5. The van der Waals surface area contributed by atoms with Crippen molar-refractivity contribution in [2.24, 2.45) is 5.92 Å². The number of carboxylic acid groups (broad SMARTS) is 1. The number of hydrogen-bond donors (Lipinski definition) is 1. The van der Waals surface area contributed by atoms with Crippen molar-refractivity contribution in [1.29, 1.82) is 0 Å². The molecule has 23 heavy (non-hydrogen) atoms. The highest BCUT2D eigenvalue weighted by Gasteiger charge is 2.60. The molecule has 116 valence electrons. The minimum Gasteiger partial charge on any atom is -0.478 e. The minimum absolute atomic E-state index is 0.0756. The third-order valence-corrected chi connectivity index (χ3v) is 5.79. The lowest BCUT2D eigenvalue weighted by Crippen LogP contribution is -2.66. The summed E-state index contributed by atoms with van der Waals surface area (Å²) in [5, 5.41) is 8.82. The molecule has 1 fully saturated rings. The molecule has 2 amide bonds. The number of thioether (sulfide) groups is 1. The fraction of sp³-hybridized carbons (Fsp3) is 0.250. The smallest absolute Gasteiger partial charge is 0.332 e. The van der Waals surface area contributed by atoms with Gasteiger partial charge in [-0.2, -0.15) is 11.8 Å². The summed E-state index contributed by atoms with van der Waals surface area (Å²) in [6.07, 6.45) is 1.53. The van der Waals surface area contributed by atoms with E-state index in [0.29, 0.717) is 16.9 Å². The minimum atomic E-state index is -1.12. The Bertz CT molecular complexity index is 779. The topological polar surface area (TPSA) is 91.8 Å². The first kappa shape index (κ1) is 14.2. The normalized spacial score (nSPS) is 28.9. The maximum absolute atomic E-state index is 12.5. The molecule has 3 atom stereocenters. The Kier molecular flexibility index (Phi) is 2.96. The van der Waals surface area contributed by atoms with Gasteiger partial charge in [0.25, 0.3) is 11.8 Å². The Hall–Kier alpha value is -2.41. The van der Waals surface area contributed by atoms with Gasteiger partial charge in [-0.1, -0.05) is 18.2 Å². The number of fused-ring (bicyclic) bond motifs is 2. The molecule has 1 saturated carbocycles. The van der Waals surface area contributed by atoms with Crippen LogP contribution in [0.1, 0.15) is 20.7 Å². The number of aliphatic carboxylic acids is 1. The van der Waals surface area contributed by atoms with E-state index in [1.807, 2.05) is 0 Å². The Morgan fingerprint density at radius 3 is 2.30 bits per heavy atom. The fourth-order valence-electron chi connectivity index (χ4n) is 3.42. The molecule has 2 aliphatic heterocycles. The van der Waals surface area contributed by atoms with Crippen LogP contribution >= 0.6 is 11.8 Å². The second kappa shape index (κ2) is 4.79. The van der Waals surface area contributed by atoms with Crippen LogP contribution in [0.25, 0.3) is 0 Å². The lowest BCUT2D eigenvalue weighted by molar-refractivity contribution is -0.139. The van der Waals surface area contributed by atoms with Crippen LogP contribution in [0.5, 0.6) is 0 Å². The highest BCUT2D eigenvalue weighted by molar-refractivity contribution is 8.00. The van der Waals surface area contributed by atoms with Gasteiger partial charge in [0.2, 0.25) is 0 Å². The molecule has 7 heteroatoms. The standard InChI is InChI=1S/C16H11NO5S/c18-12-10-9(16(21)22)5-6-23-13(10)11(12)17-14(19)7-3-1-2-4-8(7)15(17)20/h1-5,10-11,13H,6H2,(H,21,22)/t10?,11-,13+/m1/s1. The quantitative estimate of drug-likeness (QED) is 0.813. The average molecular weight is 329 g/mol. The molecule has 2 heterocycles. The molecule has 1 N–H and O–H groups in total. The van der Waals surface area contributed by atoms with E-state index in [1.54, 1.807) is 24.3 Å². The molecule has 1 unspecified atom stereocenters. The largest absolute Gasteiger partial charge is 0.478 e. The predicted molar refractivity (Wildman–Crippen MR) is 81.2 cm³/mol. The zero-order valence-corrected chi connectivity index (χ0v) is 12.6. The number of imide groups is 1. The number of carbonyl (C=O) groups excluding carboxylic acids is 3. The van der Waals surface area contributed by atoms with Crippen molar-refractivity contribution < 1.29 is 24.3 Å². The monoisotopic (exact) mass is 329 g/mol. The molecule has 0 spiro atoms. The average Bonchev–Trinajstić information content (AvgIpc) is 2.79. The van der Waals surface area contributed by atoms with E-state index in [9.17, 15) is 24.3 Å². The molecule has 0 aromatic heterocycles. The number of benzene rings is 1. The highest BCUT2D eigenvalue weighted by atomic mass is 32.2. The van der Waals surface area contributed by atoms with Gasteiger partial charge in [-0.25, -0.2) is 4.79 Å². The van der Waals surface area contributed by atoms with E-state index in [0.717, 1.165) is 4.90 Å². The molecule has 1 aromatic carbocycles. The molecular formula is C16H11NO5S. The molecule has 0 radical (unpaired) electrons. The van der Waals surface area contributed by atoms with Gasteiger partial charge in [-0.05, 0) is 12.1 Å². The molecular weight excluding hydrogens is 318 g/mol. The molecule has 0 saturated heterocycles.